The molecule has 27 heavy (non-hydrogen) atoms. The van der Waals surface area contributed by atoms with Gasteiger partial charge in [-0.1, -0.05) is 24.6 Å². The van der Waals surface area contributed by atoms with Gasteiger partial charge in [-0.25, -0.2) is 4.68 Å². The maximum Gasteiger partial charge on any atom is 0.261 e. The van der Waals surface area contributed by atoms with Gasteiger partial charge in [-0.3, -0.25) is 4.79 Å². The number of amides is 1. The van der Waals surface area contributed by atoms with E-state index in [4.69, 9.17) is 0 Å². The summed E-state index contributed by atoms with van der Waals surface area (Å²) in [6.07, 6.45) is 5.42. The lowest BCUT2D eigenvalue weighted by Gasteiger charge is -2.28. The zero-order valence-corrected chi connectivity index (χ0v) is 16.6. The van der Waals surface area contributed by atoms with Crippen LogP contribution in [-0.4, -0.2) is 21.7 Å². The van der Waals surface area contributed by atoms with Crippen molar-refractivity contribution in [3.05, 3.63) is 47.0 Å². The normalized spacial score (nSPS) is 25.2. The maximum absolute atomic E-state index is 12.9. The van der Waals surface area contributed by atoms with E-state index in [1.165, 1.54) is 37.0 Å². The molecule has 4 atom stereocenters. The van der Waals surface area contributed by atoms with Gasteiger partial charge in [0.05, 0.1) is 16.3 Å². The number of carbonyl (C=O) groups is 1. The maximum atomic E-state index is 12.9. The van der Waals surface area contributed by atoms with Crippen LogP contribution >= 0.6 is 11.3 Å². The number of thiophene rings is 1. The molecule has 1 aromatic carbocycles. The molecule has 0 spiro atoms. The number of fused-ring (bicyclic) bond motifs is 3. The molecular weight excluding hydrogens is 354 g/mol. The Balaban J connectivity index is 1.39. The molecule has 2 aliphatic carbocycles. The van der Waals surface area contributed by atoms with Gasteiger partial charge in [-0.15, -0.1) is 11.3 Å². The number of aromatic nitrogens is 2. The number of benzene rings is 1. The molecule has 0 radical (unpaired) electrons. The van der Waals surface area contributed by atoms with E-state index >= 15 is 0 Å². The van der Waals surface area contributed by atoms with Crippen molar-refractivity contribution in [2.45, 2.75) is 45.6 Å². The summed E-state index contributed by atoms with van der Waals surface area (Å²) in [4.78, 5) is 14.7. The highest BCUT2D eigenvalue weighted by Crippen LogP contribution is 2.49. The average Bonchev–Trinajstić information content (AvgIpc) is 3.44. The van der Waals surface area contributed by atoms with Crippen molar-refractivity contribution in [1.82, 2.24) is 15.1 Å². The van der Waals surface area contributed by atoms with Crippen LogP contribution in [0.3, 0.4) is 0 Å². The third kappa shape index (κ3) is 2.89. The Morgan fingerprint density at radius 1 is 1.26 bits per heavy atom. The minimum atomic E-state index is 0.0606. The molecule has 0 aliphatic heterocycles. The Morgan fingerprint density at radius 2 is 2.07 bits per heavy atom. The fourth-order valence-corrected chi connectivity index (χ4v) is 6.28. The molecule has 4 nitrogen and oxygen atoms in total. The van der Waals surface area contributed by atoms with E-state index in [0.717, 1.165) is 38.3 Å². The van der Waals surface area contributed by atoms with Gasteiger partial charge >= 0.3 is 0 Å². The van der Waals surface area contributed by atoms with Crippen molar-refractivity contribution in [2.24, 2.45) is 17.8 Å². The van der Waals surface area contributed by atoms with Crippen LogP contribution in [-0.2, 0) is 0 Å². The first-order valence-corrected chi connectivity index (χ1v) is 10.8. The van der Waals surface area contributed by atoms with Gasteiger partial charge in [-0.05, 0) is 69.1 Å². The van der Waals surface area contributed by atoms with E-state index in [9.17, 15) is 4.79 Å². The third-order valence-electron chi connectivity index (χ3n) is 6.56. The van der Waals surface area contributed by atoms with Crippen molar-refractivity contribution in [3.63, 3.8) is 0 Å². The average molecular weight is 380 g/mol. The minimum absolute atomic E-state index is 0.0606. The quantitative estimate of drug-likeness (QED) is 0.697. The number of para-hydroxylation sites is 1. The molecule has 140 valence electrons. The largest absolute Gasteiger partial charge is 0.349 e. The lowest BCUT2D eigenvalue weighted by atomic mass is 9.84. The summed E-state index contributed by atoms with van der Waals surface area (Å²) in [6.45, 7) is 4.20. The van der Waals surface area contributed by atoms with Crippen LogP contribution in [0.4, 0.5) is 0 Å². The molecule has 5 rings (SSSR count). The number of aryl methyl sites for hydroxylation is 1. The van der Waals surface area contributed by atoms with Crippen molar-refractivity contribution < 1.29 is 4.79 Å². The van der Waals surface area contributed by atoms with Gasteiger partial charge in [-0.2, -0.15) is 5.10 Å². The molecule has 3 aromatic rings. The Kier molecular flexibility index (Phi) is 4.08. The Labute approximate surface area is 163 Å². The zero-order chi connectivity index (χ0) is 18.5. The van der Waals surface area contributed by atoms with Crippen LogP contribution in [0.5, 0.6) is 0 Å². The fourth-order valence-electron chi connectivity index (χ4n) is 5.19. The molecule has 0 unspecified atom stereocenters. The lowest BCUT2D eigenvalue weighted by molar-refractivity contribution is 0.0919. The third-order valence-corrected chi connectivity index (χ3v) is 7.67. The number of carbonyl (C=O) groups excluding carboxylic acids is 1. The first kappa shape index (κ1) is 17.0. The predicted molar refractivity (Wildman–Crippen MR) is 110 cm³/mol. The highest BCUT2D eigenvalue weighted by atomic mass is 32.1. The molecule has 2 saturated carbocycles. The highest BCUT2D eigenvalue weighted by molar-refractivity contribution is 7.20. The molecule has 5 heteroatoms. The molecule has 2 aromatic heterocycles. The Morgan fingerprint density at radius 3 is 2.78 bits per heavy atom. The van der Waals surface area contributed by atoms with Crippen molar-refractivity contribution in [1.29, 1.82) is 0 Å². The second-order valence-corrected chi connectivity index (χ2v) is 9.29. The summed E-state index contributed by atoms with van der Waals surface area (Å²) in [6, 6.07) is 12.4. The summed E-state index contributed by atoms with van der Waals surface area (Å²) in [5.74, 6) is 2.44. The van der Waals surface area contributed by atoms with Crippen molar-refractivity contribution in [2.75, 3.05) is 0 Å². The second kappa shape index (κ2) is 6.48. The Bertz CT molecular complexity index is 990. The summed E-state index contributed by atoms with van der Waals surface area (Å²) in [5, 5.41) is 9.03. The number of hydrogen-bond donors (Lipinski definition) is 1. The van der Waals surface area contributed by atoms with E-state index in [0.29, 0.717) is 5.92 Å². The van der Waals surface area contributed by atoms with Gasteiger partial charge in [0, 0.05) is 11.4 Å². The number of nitrogens with zero attached hydrogens (tertiary/aromatic N) is 2. The second-order valence-electron chi connectivity index (χ2n) is 8.26. The fraction of sp³-hybridized carbons (Fsp3) is 0.455. The van der Waals surface area contributed by atoms with E-state index in [1.54, 1.807) is 0 Å². The summed E-state index contributed by atoms with van der Waals surface area (Å²) >= 11 is 1.54. The van der Waals surface area contributed by atoms with E-state index in [1.807, 2.05) is 48.0 Å². The number of rotatable bonds is 4. The van der Waals surface area contributed by atoms with Gasteiger partial charge in [0.25, 0.3) is 5.91 Å². The molecule has 1 amide bonds. The summed E-state index contributed by atoms with van der Waals surface area (Å²) < 4.78 is 1.95. The molecule has 2 heterocycles. The molecular formula is C22H25N3OS. The topological polar surface area (TPSA) is 46.9 Å². The molecule has 2 bridgehead atoms. The SMILES string of the molecule is Cc1nn(-c2ccccc2)c2sc(C(=O)N[C@@H](C)[C@@H]3C[C@@H]4CC[C@@H]3C4)cc12. The minimum Gasteiger partial charge on any atom is -0.349 e. The molecule has 1 N–H and O–H groups in total. The molecule has 2 fully saturated rings. The highest BCUT2D eigenvalue weighted by Gasteiger charge is 2.42. The number of nitrogens with one attached hydrogen (secondary N) is 1. The van der Waals surface area contributed by atoms with Crippen LogP contribution in [0.25, 0.3) is 15.9 Å². The van der Waals surface area contributed by atoms with Crippen LogP contribution < -0.4 is 5.32 Å². The van der Waals surface area contributed by atoms with Gasteiger partial charge < -0.3 is 5.32 Å². The van der Waals surface area contributed by atoms with E-state index in [-0.39, 0.29) is 11.9 Å². The smallest absolute Gasteiger partial charge is 0.261 e. The lowest BCUT2D eigenvalue weighted by Crippen LogP contribution is -2.39. The predicted octanol–water partition coefficient (Wildman–Crippen LogP) is 4.95. The summed E-state index contributed by atoms with van der Waals surface area (Å²) in [5.41, 5.74) is 1.99. The first-order valence-electron chi connectivity index (χ1n) is 9.95. The van der Waals surface area contributed by atoms with Crippen LogP contribution in [0.2, 0.25) is 0 Å². The van der Waals surface area contributed by atoms with Gasteiger partial charge in [0.1, 0.15) is 4.83 Å². The molecule has 0 saturated heterocycles. The van der Waals surface area contributed by atoms with Crippen LogP contribution in [0, 0.1) is 24.7 Å². The molecule has 2 aliphatic rings. The standard InChI is InChI=1S/C22H25N3OS/c1-13(18-11-15-8-9-16(18)10-15)23-21(26)20-12-19-14(2)24-25(22(19)27-20)17-6-4-3-5-7-17/h3-7,12-13,15-16,18H,8-11H2,1-2H3,(H,23,26)/t13-,15+,16+,18-/m0/s1. The monoisotopic (exact) mass is 379 g/mol. The van der Waals surface area contributed by atoms with E-state index < -0.39 is 0 Å². The zero-order valence-electron chi connectivity index (χ0n) is 15.8. The van der Waals surface area contributed by atoms with E-state index in [2.05, 4.69) is 17.3 Å². The van der Waals surface area contributed by atoms with Crippen molar-refractivity contribution >= 4 is 27.5 Å². The summed E-state index contributed by atoms with van der Waals surface area (Å²) in [7, 11) is 0. The van der Waals surface area contributed by atoms with Gasteiger partial charge in [0.15, 0.2) is 0 Å². The van der Waals surface area contributed by atoms with Crippen LogP contribution in [0.1, 0.15) is 48.0 Å². The van der Waals surface area contributed by atoms with Crippen LogP contribution in [0.15, 0.2) is 36.4 Å². The van der Waals surface area contributed by atoms with Crippen molar-refractivity contribution in [3.8, 4) is 5.69 Å². The number of hydrogen-bond acceptors (Lipinski definition) is 3. The first-order chi connectivity index (χ1) is 13.1. The Hall–Kier alpha value is -2.14. The van der Waals surface area contributed by atoms with Gasteiger partial charge in [0.2, 0.25) is 0 Å².